The Morgan fingerprint density at radius 1 is 0.411 bits per heavy atom. The third kappa shape index (κ3) is 5.45. The molecule has 7 heteroatoms. The van der Waals surface area contributed by atoms with Crippen molar-refractivity contribution >= 4 is 115 Å². The summed E-state index contributed by atoms with van der Waals surface area (Å²) in [6.45, 7) is 16.5. The van der Waals surface area contributed by atoms with Crippen molar-refractivity contribution in [1.82, 2.24) is 18.3 Å². The zero-order valence-corrected chi connectivity index (χ0v) is 40.1. The molecule has 7 nitrogen and oxygen atoms in total. The molecule has 15 rings (SSSR count). The van der Waals surface area contributed by atoms with E-state index >= 15 is 0 Å². The van der Waals surface area contributed by atoms with Crippen molar-refractivity contribution in [3.8, 4) is 28.8 Å². The van der Waals surface area contributed by atoms with E-state index in [1.165, 1.54) is 5.56 Å². The number of benzene rings is 10. The molecule has 0 saturated carbocycles. The van der Waals surface area contributed by atoms with Gasteiger partial charge >= 0.3 is 0 Å². The number of fused-ring (bicyclic) bond motifs is 16. The van der Waals surface area contributed by atoms with E-state index < -0.39 is 0 Å². The van der Waals surface area contributed by atoms with Gasteiger partial charge in [0.1, 0.15) is 11.7 Å². The molecule has 0 saturated heterocycles. The lowest BCUT2D eigenvalue weighted by Gasteiger charge is -2.27. The molecule has 15 aromatic rings. The van der Waals surface area contributed by atoms with E-state index in [9.17, 15) is 11.8 Å². The van der Waals surface area contributed by atoms with Crippen LogP contribution < -0.4 is 0 Å². The lowest BCUT2D eigenvalue weighted by atomic mass is 9.86. The summed E-state index contributed by atoms with van der Waals surface area (Å²) in [4.78, 5) is 4.75. The Hall–Kier alpha value is -9.82. The molecule has 73 heavy (non-hydrogen) atoms. The Morgan fingerprint density at radius 2 is 0.822 bits per heavy atom. The van der Waals surface area contributed by atoms with E-state index in [0.717, 1.165) is 109 Å². The smallest absolute Gasteiger partial charge is 0.237 e. The van der Waals surface area contributed by atoms with Gasteiger partial charge in [-0.25, -0.2) is 4.85 Å². The van der Waals surface area contributed by atoms with Gasteiger partial charge in [0.25, 0.3) is 0 Å². The summed E-state index contributed by atoms with van der Waals surface area (Å²) in [6.07, 6.45) is 0. The van der Waals surface area contributed by atoms with Crippen LogP contribution in [0.25, 0.3) is 137 Å². The summed E-state index contributed by atoms with van der Waals surface area (Å²) in [5.74, 6) is 0. The Labute approximate surface area is 418 Å². The number of nitrogens with zero attached hydrogens (tertiary/aromatic N) is 6. The fourth-order valence-corrected chi connectivity index (χ4v) is 12.2. The second-order valence-corrected chi connectivity index (χ2v) is 20.2. The predicted molar refractivity (Wildman–Crippen MR) is 301 cm³/mol. The van der Waals surface area contributed by atoms with Crippen LogP contribution in [0.5, 0.6) is 0 Å². The normalized spacial score (nSPS) is 12.3. The Kier molecular flexibility index (Phi) is 8.34. The van der Waals surface area contributed by atoms with Crippen molar-refractivity contribution < 1.29 is 4.42 Å². The molecule has 0 bridgehead atoms. The molecule has 0 radical (unpaired) electrons. The van der Waals surface area contributed by atoms with Crippen molar-refractivity contribution in [2.24, 2.45) is 0 Å². The highest BCUT2D eigenvalue weighted by molar-refractivity contribution is 6.23. The van der Waals surface area contributed by atoms with Gasteiger partial charge in [-0.1, -0.05) is 160 Å². The molecule has 10 aromatic carbocycles. The van der Waals surface area contributed by atoms with E-state index in [0.29, 0.717) is 34.0 Å². The number of rotatable bonds is 4. The maximum absolute atomic E-state index is 12.5. The Bertz CT molecular complexity index is 4680. The Morgan fingerprint density at radius 3 is 1.29 bits per heavy atom. The highest BCUT2D eigenvalue weighted by Crippen LogP contribution is 2.53. The van der Waals surface area contributed by atoms with E-state index in [1.54, 1.807) is 0 Å². The first kappa shape index (κ1) is 41.0. The first-order chi connectivity index (χ1) is 35.8. The zero-order valence-electron chi connectivity index (χ0n) is 40.1. The summed E-state index contributed by atoms with van der Waals surface area (Å²) in [5, 5.41) is 22.8. The number of nitriles is 1. The third-order valence-corrected chi connectivity index (χ3v) is 15.4. The van der Waals surface area contributed by atoms with Gasteiger partial charge in [0.05, 0.1) is 79.0 Å². The first-order valence-corrected chi connectivity index (χ1v) is 24.7. The molecule has 0 fully saturated rings. The minimum Gasteiger partial charge on any atom is -0.454 e. The van der Waals surface area contributed by atoms with Gasteiger partial charge in [-0.3, -0.25) is 0 Å². The Balaban J connectivity index is 1.30. The lowest BCUT2D eigenvalue weighted by molar-refractivity contribution is 0.591. The highest BCUT2D eigenvalue weighted by atomic mass is 16.3. The number of aromatic nitrogens is 4. The number of para-hydroxylation sites is 7. The maximum atomic E-state index is 12.5. The molecule has 0 amide bonds. The fourth-order valence-electron chi connectivity index (χ4n) is 12.2. The van der Waals surface area contributed by atoms with Gasteiger partial charge in [-0.2, -0.15) is 5.26 Å². The molecule has 0 aliphatic heterocycles. The third-order valence-electron chi connectivity index (χ3n) is 15.4. The average Bonchev–Trinajstić information content (AvgIpc) is 4.23. The monoisotopic (exact) mass is 934 g/mol. The summed E-state index contributed by atoms with van der Waals surface area (Å²) in [7, 11) is 0. The van der Waals surface area contributed by atoms with E-state index in [1.807, 2.05) is 24.3 Å². The largest absolute Gasteiger partial charge is 0.454 e. The molecule has 0 unspecified atom stereocenters. The lowest BCUT2D eigenvalue weighted by Crippen LogP contribution is -2.15. The second-order valence-electron chi connectivity index (χ2n) is 20.2. The molecular weight excluding hydrogens is 893 g/mol. The summed E-state index contributed by atoms with van der Waals surface area (Å²) >= 11 is 0. The minimum atomic E-state index is -0.163. The number of hydrogen-bond donors (Lipinski definition) is 0. The molecule has 5 heterocycles. The quantitative estimate of drug-likeness (QED) is 0.165. The molecule has 0 aliphatic rings. The van der Waals surface area contributed by atoms with Crippen molar-refractivity contribution in [2.75, 3.05) is 0 Å². The van der Waals surface area contributed by atoms with Gasteiger partial charge in [0.2, 0.25) is 5.69 Å². The molecule has 5 aromatic heterocycles. The maximum Gasteiger partial charge on any atom is 0.237 e. The van der Waals surface area contributed by atoms with Crippen LogP contribution in [0.4, 0.5) is 5.69 Å². The van der Waals surface area contributed by atoms with Crippen molar-refractivity contribution in [3.05, 3.63) is 223 Å². The van der Waals surface area contributed by atoms with Crippen LogP contribution in [-0.4, -0.2) is 18.3 Å². The van der Waals surface area contributed by atoms with Gasteiger partial charge < -0.3 is 22.7 Å². The van der Waals surface area contributed by atoms with Gasteiger partial charge in [-0.05, 0) is 71.6 Å². The highest BCUT2D eigenvalue weighted by Gasteiger charge is 2.35. The molecule has 0 spiro atoms. The van der Waals surface area contributed by atoms with Gasteiger partial charge in [-0.15, -0.1) is 0 Å². The molecule has 0 aliphatic carbocycles. The van der Waals surface area contributed by atoms with Crippen LogP contribution in [0.15, 0.2) is 205 Å². The van der Waals surface area contributed by atoms with Crippen LogP contribution in [-0.2, 0) is 5.41 Å². The van der Waals surface area contributed by atoms with Crippen molar-refractivity contribution in [1.29, 1.82) is 5.26 Å². The number of furan rings is 1. The summed E-state index contributed by atoms with van der Waals surface area (Å²) < 4.78 is 16.2. The SMILES string of the molecule is [C-]#[N+]c1c(-n2c3ccccc3c3ccccc32)c(C#N)c(-n2c3ccccc3c3ccccc32)c(-n2c3ccc(C(C)(C)C)cc3c3ccc4c5ccccc5oc4c32)c1-n1c2ccccc2c2ccccc21. The summed E-state index contributed by atoms with van der Waals surface area (Å²) in [5.41, 5.74) is 13.0. The standard InChI is InChI=1S/C66H42N6O/c1-66(2,3)39-33-36-57-49(37-39)47-34-35-48-46-25-11-18-32-58(46)73-65(48)62(47)72(57)64-61(70-53-28-14-7-21-42(53)43-22-8-15-29-54(43)70)50(38-67)60(69-51-26-12-5-19-40(51)41-20-6-13-27-52(41)69)59(68-4)63(64)71-55-30-16-9-23-44(55)45-24-10-17-31-56(45)71/h5-37H,1-3H3. The summed E-state index contributed by atoms with van der Waals surface area (Å²) in [6, 6.07) is 72.9. The fraction of sp³-hybridized carbons (Fsp3) is 0.0606. The molecule has 342 valence electrons. The van der Waals surface area contributed by atoms with Crippen LogP contribution in [0.3, 0.4) is 0 Å². The number of hydrogen-bond acceptors (Lipinski definition) is 2. The van der Waals surface area contributed by atoms with Crippen molar-refractivity contribution in [3.63, 3.8) is 0 Å². The predicted octanol–water partition coefficient (Wildman–Crippen LogP) is 17.7. The molecule has 0 atom stereocenters. The van der Waals surface area contributed by atoms with Gasteiger partial charge in [0, 0.05) is 53.9 Å². The van der Waals surface area contributed by atoms with Gasteiger partial charge in [0.15, 0.2) is 5.58 Å². The minimum absolute atomic E-state index is 0.163. The topological polar surface area (TPSA) is 61.0 Å². The molecule has 0 N–H and O–H groups in total. The van der Waals surface area contributed by atoms with Crippen LogP contribution in [0, 0.1) is 17.9 Å². The van der Waals surface area contributed by atoms with Crippen LogP contribution in [0.1, 0.15) is 31.9 Å². The average molecular weight is 935 g/mol. The molecular formula is C66H42N6O. The first-order valence-electron chi connectivity index (χ1n) is 24.7. The van der Waals surface area contributed by atoms with E-state index in [4.69, 9.17) is 9.26 Å². The zero-order chi connectivity index (χ0) is 48.9. The van der Waals surface area contributed by atoms with Crippen LogP contribution in [0.2, 0.25) is 0 Å². The van der Waals surface area contributed by atoms with E-state index in [2.05, 4.69) is 221 Å². The second kappa shape index (κ2) is 14.9. The van der Waals surface area contributed by atoms with Crippen LogP contribution >= 0.6 is 0 Å². The van der Waals surface area contributed by atoms with Crippen molar-refractivity contribution in [2.45, 2.75) is 26.2 Å². The van der Waals surface area contributed by atoms with E-state index in [-0.39, 0.29) is 5.41 Å².